The van der Waals surface area contributed by atoms with Crippen LogP contribution in [0.15, 0.2) is 0 Å². The summed E-state index contributed by atoms with van der Waals surface area (Å²) in [5.74, 6) is 0.681. The predicted octanol–water partition coefficient (Wildman–Crippen LogP) is 10.3. The first-order valence-corrected chi connectivity index (χ1v) is 17.8. The molecule has 1 unspecified atom stereocenters. The van der Waals surface area contributed by atoms with Gasteiger partial charge in [-0.1, -0.05) is 144 Å². The molecular weight excluding hydrogens is 528 g/mol. The van der Waals surface area contributed by atoms with Gasteiger partial charge < -0.3 is 14.2 Å². The molecule has 2 atom stereocenters. The quantitative estimate of drug-likeness (QED) is 0.0466. The first kappa shape index (κ1) is 40.4. The Morgan fingerprint density at radius 3 is 1.36 bits per heavy atom. The first-order chi connectivity index (χ1) is 20.3. The van der Waals surface area contributed by atoms with Gasteiger partial charge in [-0.15, -0.1) is 0 Å². The number of esters is 3. The fourth-order valence-electron chi connectivity index (χ4n) is 4.95. The average molecular weight is 597 g/mol. The second-order valence-corrected chi connectivity index (χ2v) is 12.9. The molecule has 0 rings (SSSR count). The molecule has 6 heteroatoms. The zero-order valence-electron chi connectivity index (χ0n) is 28.4. The lowest BCUT2D eigenvalue weighted by atomic mass is 10.00. The fraction of sp³-hybridized carbons (Fsp3) is 0.917. The van der Waals surface area contributed by atoms with Crippen LogP contribution in [0.2, 0.25) is 0 Å². The third kappa shape index (κ3) is 28.5. The van der Waals surface area contributed by atoms with Crippen LogP contribution in [0.4, 0.5) is 0 Å². The number of ether oxygens (including phenoxy) is 3. The van der Waals surface area contributed by atoms with Crippen molar-refractivity contribution < 1.29 is 28.6 Å². The second kappa shape index (κ2) is 29.5. The number of carbonyl (C=O) groups excluding carboxylic acids is 3. The first-order valence-electron chi connectivity index (χ1n) is 17.8. The van der Waals surface area contributed by atoms with E-state index in [2.05, 4.69) is 34.6 Å². The zero-order chi connectivity index (χ0) is 31.3. The van der Waals surface area contributed by atoms with E-state index in [0.717, 1.165) is 76.0 Å². The van der Waals surface area contributed by atoms with E-state index in [4.69, 9.17) is 14.2 Å². The summed E-state index contributed by atoms with van der Waals surface area (Å²) in [7, 11) is 0. The van der Waals surface area contributed by atoms with E-state index < -0.39 is 6.10 Å². The third-order valence-corrected chi connectivity index (χ3v) is 8.08. The average Bonchev–Trinajstić information content (AvgIpc) is 2.96. The second-order valence-electron chi connectivity index (χ2n) is 12.9. The van der Waals surface area contributed by atoms with Crippen molar-refractivity contribution in [1.82, 2.24) is 0 Å². The number of unbranched alkanes of at least 4 members (excludes halogenated alkanes) is 14. The van der Waals surface area contributed by atoms with Crippen LogP contribution in [-0.4, -0.2) is 37.2 Å². The molecule has 0 heterocycles. The van der Waals surface area contributed by atoms with Crippen molar-refractivity contribution in [3.63, 3.8) is 0 Å². The standard InChI is InChI=1S/C36H68O6/c1-6-8-9-14-21-26-34(37)40-29-33(42-36(39)28-23-18-12-10-15-19-24-31(3)4)30-41-35(38)27-22-17-13-11-16-20-25-32(5)7-2/h31-33H,6-30H2,1-5H3/t32?,33-/m0/s1. The van der Waals surface area contributed by atoms with Gasteiger partial charge in [0.05, 0.1) is 0 Å². The summed E-state index contributed by atoms with van der Waals surface area (Å²) in [4.78, 5) is 37.0. The lowest BCUT2D eigenvalue weighted by molar-refractivity contribution is -0.167. The van der Waals surface area contributed by atoms with Gasteiger partial charge in [0, 0.05) is 19.3 Å². The normalized spacial score (nSPS) is 12.7. The van der Waals surface area contributed by atoms with Gasteiger partial charge in [-0.3, -0.25) is 14.4 Å². The molecule has 0 radical (unpaired) electrons. The topological polar surface area (TPSA) is 78.9 Å². The molecule has 0 aromatic heterocycles. The van der Waals surface area contributed by atoms with Crippen LogP contribution < -0.4 is 0 Å². The van der Waals surface area contributed by atoms with E-state index >= 15 is 0 Å². The number of hydrogen-bond acceptors (Lipinski definition) is 6. The highest BCUT2D eigenvalue weighted by molar-refractivity contribution is 5.71. The summed E-state index contributed by atoms with van der Waals surface area (Å²) >= 11 is 0. The van der Waals surface area contributed by atoms with E-state index in [-0.39, 0.29) is 31.1 Å². The zero-order valence-corrected chi connectivity index (χ0v) is 28.4. The number of hydrogen-bond donors (Lipinski definition) is 0. The minimum atomic E-state index is -0.757. The highest BCUT2D eigenvalue weighted by atomic mass is 16.6. The van der Waals surface area contributed by atoms with Gasteiger partial charge in [-0.05, 0) is 31.1 Å². The fourth-order valence-corrected chi connectivity index (χ4v) is 4.95. The van der Waals surface area contributed by atoms with Crippen molar-refractivity contribution >= 4 is 17.9 Å². The lowest BCUT2D eigenvalue weighted by Crippen LogP contribution is -2.30. The van der Waals surface area contributed by atoms with Crippen LogP contribution in [0, 0.1) is 11.8 Å². The lowest BCUT2D eigenvalue weighted by Gasteiger charge is -2.18. The van der Waals surface area contributed by atoms with Crippen molar-refractivity contribution in [2.75, 3.05) is 13.2 Å². The van der Waals surface area contributed by atoms with E-state index in [0.29, 0.717) is 19.3 Å². The summed E-state index contributed by atoms with van der Waals surface area (Å²) in [5, 5.41) is 0. The Morgan fingerprint density at radius 2 is 0.905 bits per heavy atom. The van der Waals surface area contributed by atoms with Gasteiger partial charge >= 0.3 is 17.9 Å². The summed E-state index contributed by atoms with van der Waals surface area (Å²) in [6.45, 7) is 11.1. The summed E-state index contributed by atoms with van der Waals surface area (Å²) in [6.07, 6.45) is 22.8. The third-order valence-electron chi connectivity index (χ3n) is 8.08. The Kier molecular flexibility index (Phi) is 28.4. The highest BCUT2D eigenvalue weighted by Crippen LogP contribution is 2.15. The number of carbonyl (C=O) groups is 3. The van der Waals surface area contributed by atoms with Crippen molar-refractivity contribution in [2.45, 2.75) is 188 Å². The van der Waals surface area contributed by atoms with Gasteiger partial charge in [-0.25, -0.2) is 0 Å². The molecule has 0 saturated heterocycles. The molecule has 6 nitrogen and oxygen atoms in total. The van der Waals surface area contributed by atoms with Crippen LogP contribution >= 0.6 is 0 Å². The maximum absolute atomic E-state index is 12.5. The van der Waals surface area contributed by atoms with Gasteiger partial charge in [-0.2, -0.15) is 0 Å². The van der Waals surface area contributed by atoms with Crippen LogP contribution in [0.3, 0.4) is 0 Å². The van der Waals surface area contributed by atoms with Crippen molar-refractivity contribution in [1.29, 1.82) is 0 Å². The smallest absolute Gasteiger partial charge is 0.306 e. The maximum Gasteiger partial charge on any atom is 0.306 e. The molecule has 0 N–H and O–H groups in total. The van der Waals surface area contributed by atoms with E-state index in [1.165, 1.54) is 64.2 Å². The Balaban J connectivity index is 4.34. The Bertz CT molecular complexity index is 647. The molecule has 0 aromatic rings. The SMILES string of the molecule is CCCCCCCC(=O)OC[C@@H](COC(=O)CCCCCCCCC(C)CC)OC(=O)CCCCCCCCC(C)C. The van der Waals surface area contributed by atoms with Gasteiger partial charge in [0.25, 0.3) is 0 Å². The summed E-state index contributed by atoms with van der Waals surface area (Å²) in [5.41, 5.74) is 0. The molecule has 0 aromatic carbocycles. The molecule has 248 valence electrons. The van der Waals surface area contributed by atoms with E-state index in [1.807, 2.05) is 0 Å². The highest BCUT2D eigenvalue weighted by Gasteiger charge is 2.19. The van der Waals surface area contributed by atoms with E-state index in [9.17, 15) is 14.4 Å². The van der Waals surface area contributed by atoms with Gasteiger partial charge in [0.15, 0.2) is 6.10 Å². The van der Waals surface area contributed by atoms with Crippen LogP contribution in [0.25, 0.3) is 0 Å². The van der Waals surface area contributed by atoms with Crippen LogP contribution in [-0.2, 0) is 28.6 Å². The molecular formula is C36H68O6. The molecule has 0 saturated carbocycles. The molecule has 0 bridgehead atoms. The molecule has 42 heavy (non-hydrogen) atoms. The summed E-state index contributed by atoms with van der Waals surface area (Å²) < 4.78 is 16.4. The Morgan fingerprint density at radius 1 is 0.500 bits per heavy atom. The molecule has 0 aliphatic heterocycles. The van der Waals surface area contributed by atoms with Crippen molar-refractivity contribution in [3.05, 3.63) is 0 Å². The molecule has 0 spiro atoms. The van der Waals surface area contributed by atoms with Crippen molar-refractivity contribution in [2.24, 2.45) is 11.8 Å². The predicted molar refractivity (Wildman–Crippen MR) is 173 cm³/mol. The minimum Gasteiger partial charge on any atom is -0.462 e. The van der Waals surface area contributed by atoms with Crippen LogP contribution in [0.1, 0.15) is 182 Å². The Labute approximate surface area is 259 Å². The van der Waals surface area contributed by atoms with Gasteiger partial charge in [0.1, 0.15) is 13.2 Å². The summed E-state index contributed by atoms with van der Waals surface area (Å²) in [6, 6.07) is 0. The Hall–Kier alpha value is -1.59. The molecule has 0 fully saturated rings. The molecule has 0 aliphatic carbocycles. The molecule has 0 aliphatic rings. The van der Waals surface area contributed by atoms with Crippen molar-refractivity contribution in [3.8, 4) is 0 Å². The maximum atomic E-state index is 12.5. The molecule has 0 amide bonds. The minimum absolute atomic E-state index is 0.0696. The largest absolute Gasteiger partial charge is 0.462 e. The monoisotopic (exact) mass is 597 g/mol. The van der Waals surface area contributed by atoms with Gasteiger partial charge in [0.2, 0.25) is 0 Å². The van der Waals surface area contributed by atoms with Crippen LogP contribution in [0.5, 0.6) is 0 Å². The van der Waals surface area contributed by atoms with E-state index in [1.54, 1.807) is 0 Å². The number of rotatable bonds is 30.